The fraction of sp³-hybridized carbons (Fsp3) is 0.0769. The first-order valence-corrected chi connectivity index (χ1v) is 7.42. The molecule has 0 atom stereocenters. The minimum Gasteiger partial charge on any atom is -0.399 e. The van der Waals surface area contributed by atoms with Crippen molar-refractivity contribution in [1.29, 1.82) is 0 Å². The van der Waals surface area contributed by atoms with Gasteiger partial charge in [0.1, 0.15) is 0 Å². The van der Waals surface area contributed by atoms with Crippen molar-refractivity contribution < 1.29 is 21.6 Å². The van der Waals surface area contributed by atoms with Gasteiger partial charge in [-0.1, -0.05) is 12.1 Å². The van der Waals surface area contributed by atoms with Gasteiger partial charge < -0.3 is 5.73 Å². The van der Waals surface area contributed by atoms with Crippen molar-refractivity contribution in [1.82, 2.24) is 0 Å². The normalized spacial score (nSPS) is 11.4. The summed E-state index contributed by atoms with van der Waals surface area (Å²) in [5, 5.41) is 0. The highest BCUT2D eigenvalue weighted by Gasteiger charge is 2.18. The van der Waals surface area contributed by atoms with E-state index in [2.05, 4.69) is 0 Å². The van der Waals surface area contributed by atoms with Gasteiger partial charge in [0.15, 0.2) is 17.5 Å². The molecule has 0 bridgehead atoms. The van der Waals surface area contributed by atoms with Crippen LogP contribution in [0, 0.1) is 17.5 Å². The van der Waals surface area contributed by atoms with Crippen molar-refractivity contribution in [3.05, 3.63) is 59.4 Å². The van der Waals surface area contributed by atoms with Gasteiger partial charge in [0.25, 0.3) is 0 Å². The Balaban J connectivity index is 2.22. The maximum absolute atomic E-state index is 13.4. The second kappa shape index (κ2) is 5.65. The van der Waals surface area contributed by atoms with Crippen LogP contribution in [0.5, 0.6) is 0 Å². The molecule has 0 aliphatic heterocycles. The molecular formula is C13H11F3N2O2S. The fourth-order valence-electron chi connectivity index (χ4n) is 1.64. The van der Waals surface area contributed by atoms with E-state index < -0.39 is 38.9 Å². The Labute approximate surface area is 119 Å². The van der Waals surface area contributed by atoms with Crippen LogP contribution >= 0.6 is 0 Å². The van der Waals surface area contributed by atoms with Gasteiger partial charge in [0.2, 0.25) is 10.0 Å². The number of hydrogen-bond acceptors (Lipinski definition) is 3. The van der Waals surface area contributed by atoms with Crippen molar-refractivity contribution in [2.24, 2.45) is 0 Å². The maximum atomic E-state index is 13.4. The Kier molecular flexibility index (Phi) is 4.08. The van der Waals surface area contributed by atoms with Gasteiger partial charge in [-0.3, -0.25) is 4.72 Å². The molecule has 21 heavy (non-hydrogen) atoms. The fourth-order valence-corrected chi connectivity index (χ4v) is 2.84. The maximum Gasteiger partial charge on any atom is 0.237 e. The predicted molar refractivity (Wildman–Crippen MR) is 73.4 cm³/mol. The van der Waals surface area contributed by atoms with Crippen LogP contribution in [-0.4, -0.2) is 8.42 Å². The predicted octanol–water partition coefficient (Wildman–Crippen LogP) is 2.63. The van der Waals surface area contributed by atoms with E-state index in [-0.39, 0.29) is 0 Å². The van der Waals surface area contributed by atoms with E-state index in [1.807, 2.05) is 4.72 Å². The second-order valence-corrected chi connectivity index (χ2v) is 6.05. The highest BCUT2D eigenvalue weighted by atomic mass is 32.2. The molecule has 2 rings (SSSR count). The number of anilines is 2. The summed E-state index contributed by atoms with van der Waals surface area (Å²) in [6, 6.07) is 7.48. The van der Waals surface area contributed by atoms with Crippen LogP contribution in [0.4, 0.5) is 24.5 Å². The van der Waals surface area contributed by atoms with Gasteiger partial charge in [-0.05, 0) is 29.8 Å². The van der Waals surface area contributed by atoms with E-state index in [1.165, 1.54) is 24.3 Å². The van der Waals surface area contributed by atoms with Crippen molar-refractivity contribution in [3.8, 4) is 0 Å². The third-order valence-corrected chi connectivity index (χ3v) is 3.88. The second-order valence-electron chi connectivity index (χ2n) is 4.33. The number of hydrogen-bond donors (Lipinski definition) is 2. The van der Waals surface area contributed by atoms with E-state index in [0.717, 1.165) is 6.07 Å². The van der Waals surface area contributed by atoms with Gasteiger partial charge in [-0.2, -0.15) is 0 Å². The van der Waals surface area contributed by atoms with Gasteiger partial charge in [0.05, 0.1) is 11.4 Å². The summed E-state index contributed by atoms with van der Waals surface area (Å²) >= 11 is 0. The summed E-state index contributed by atoms with van der Waals surface area (Å²) in [7, 11) is -3.97. The Morgan fingerprint density at radius 2 is 1.57 bits per heavy atom. The molecule has 8 heteroatoms. The highest BCUT2D eigenvalue weighted by molar-refractivity contribution is 7.91. The first kappa shape index (κ1) is 15.2. The number of rotatable bonds is 4. The molecular weight excluding hydrogens is 305 g/mol. The number of sulfonamides is 1. The molecule has 0 amide bonds. The summed E-state index contributed by atoms with van der Waals surface area (Å²) in [5.41, 5.74) is 5.71. The first-order chi connectivity index (χ1) is 9.78. The van der Waals surface area contributed by atoms with Gasteiger partial charge >= 0.3 is 0 Å². The van der Waals surface area contributed by atoms with Crippen LogP contribution in [0.1, 0.15) is 5.56 Å². The average molecular weight is 316 g/mol. The lowest BCUT2D eigenvalue weighted by molar-refractivity contribution is 0.449. The smallest absolute Gasteiger partial charge is 0.237 e. The zero-order valence-corrected chi connectivity index (χ0v) is 11.4. The van der Waals surface area contributed by atoms with Crippen molar-refractivity contribution in [3.63, 3.8) is 0 Å². The lowest BCUT2D eigenvalue weighted by Crippen LogP contribution is -2.16. The Morgan fingerprint density at radius 3 is 2.19 bits per heavy atom. The van der Waals surface area contributed by atoms with Crippen LogP contribution in [-0.2, 0) is 15.8 Å². The summed E-state index contributed by atoms with van der Waals surface area (Å²) in [4.78, 5) is 0. The topological polar surface area (TPSA) is 72.2 Å². The average Bonchev–Trinajstić information content (AvgIpc) is 2.42. The largest absolute Gasteiger partial charge is 0.399 e. The Bertz CT molecular complexity index is 762. The molecule has 0 unspecified atom stereocenters. The summed E-state index contributed by atoms with van der Waals surface area (Å²) in [5.74, 6) is -5.17. The Morgan fingerprint density at radius 1 is 0.952 bits per heavy atom. The van der Waals surface area contributed by atoms with E-state index in [9.17, 15) is 21.6 Å². The monoisotopic (exact) mass is 316 g/mol. The number of nitrogen functional groups attached to an aromatic ring is 1. The minimum atomic E-state index is -3.97. The molecule has 2 aromatic carbocycles. The molecule has 112 valence electrons. The summed E-state index contributed by atoms with van der Waals surface area (Å²) in [6.07, 6.45) is 0. The third kappa shape index (κ3) is 3.66. The van der Waals surface area contributed by atoms with E-state index in [1.54, 1.807) is 0 Å². The molecule has 2 aromatic rings. The molecule has 0 fully saturated rings. The molecule has 3 N–H and O–H groups in total. The lowest BCUT2D eigenvalue weighted by Gasteiger charge is -2.09. The van der Waals surface area contributed by atoms with Crippen LogP contribution < -0.4 is 10.5 Å². The summed E-state index contributed by atoms with van der Waals surface area (Å²) in [6.45, 7) is 0. The standard InChI is InChI=1S/C13H11F3N2O2S/c14-10-5-6-11(13(16)12(10)15)18-21(19,20)7-8-1-3-9(17)4-2-8/h1-6,18H,7,17H2. The van der Waals surface area contributed by atoms with Crippen LogP contribution in [0.25, 0.3) is 0 Å². The van der Waals surface area contributed by atoms with Gasteiger partial charge in [0, 0.05) is 5.69 Å². The van der Waals surface area contributed by atoms with Crippen LogP contribution in [0.15, 0.2) is 36.4 Å². The molecule has 0 aromatic heterocycles. The SMILES string of the molecule is Nc1ccc(CS(=O)(=O)Nc2ccc(F)c(F)c2F)cc1. The molecule has 0 aliphatic carbocycles. The van der Waals surface area contributed by atoms with Gasteiger partial charge in [-0.15, -0.1) is 0 Å². The highest BCUT2D eigenvalue weighted by Crippen LogP contribution is 2.21. The van der Waals surface area contributed by atoms with Crippen molar-refractivity contribution >= 4 is 21.4 Å². The zero-order chi connectivity index (χ0) is 15.6. The number of halogens is 3. The van der Waals surface area contributed by atoms with Crippen LogP contribution in [0.2, 0.25) is 0 Å². The lowest BCUT2D eigenvalue weighted by atomic mass is 10.2. The van der Waals surface area contributed by atoms with Crippen LogP contribution in [0.3, 0.4) is 0 Å². The molecule has 0 saturated heterocycles. The first-order valence-electron chi connectivity index (χ1n) is 5.77. The zero-order valence-electron chi connectivity index (χ0n) is 10.6. The number of nitrogens with two attached hydrogens (primary N) is 1. The number of benzene rings is 2. The molecule has 4 nitrogen and oxygen atoms in total. The molecule has 0 aliphatic rings. The minimum absolute atomic E-state index is 0.416. The molecule has 0 heterocycles. The molecule has 0 radical (unpaired) electrons. The Hall–Kier alpha value is -2.22. The van der Waals surface area contributed by atoms with E-state index >= 15 is 0 Å². The quantitative estimate of drug-likeness (QED) is 0.673. The van der Waals surface area contributed by atoms with Crippen molar-refractivity contribution in [2.75, 3.05) is 10.5 Å². The molecule has 0 spiro atoms. The van der Waals surface area contributed by atoms with Gasteiger partial charge in [-0.25, -0.2) is 21.6 Å². The van der Waals surface area contributed by atoms with E-state index in [0.29, 0.717) is 17.3 Å². The number of nitrogens with one attached hydrogen (secondary N) is 1. The third-order valence-electron chi connectivity index (χ3n) is 2.64. The van der Waals surface area contributed by atoms with Crippen molar-refractivity contribution in [2.45, 2.75) is 5.75 Å². The van der Waals surface area contributed by atoms with E-state index in [4.69, 9.17) is 5.73 Å². The molecule has 0 saturated carbocycles. The summed E-state index contributed by atoms with van der Waals surface area (Å²) < 4.78 is 64.9.